The van der Waals surface area contributed by atoms with E-state index in [9.17, 15) is 0 Å². The first-order chi connectivity index (χ1) is 8.13. The molecule has 0 bridgehead atoms. The summed E-state index contributed by atoms with van der Waals surface area (Å²) in [6, 6.07) is 8.77. The van der Waals surface area contributed by atoms with Crippen LogP contribution in [-0.4, -0.2) is 32.6 Å². The Balaban J connectivity index is 2.27. The summed E-state index contributed by atoms with van der Waals surface area (Å²) in [7, 11) is 5.95. The van der Waals surface area contributed by atoms with Crippen LogP contribution in [0.15, 0.2) is 24.3 Å². The van der Waals surface area contributed by atoms with Gasteiger partial charge in [-0.15, -0.1) is 0 Å². The van der Waals surface area contributed by atoms with Gasteiger partial charge in [-0.2, -0.15) is 0 Å². The lowest BCUT2D eigenvalue weighted by atomic mass is 9.89. The molecule has 1 fully saturated rings. The topological polar surface area (TPSA) is 38.5 Å². The van der Waals surface area contributed by atoms with Gasteiger partial charge in [0.05, 0.1) is 7.11 Å². The van der Waals surface area contributed by atoms with Crippen molar-refractivity contribution in [2.75, 3.05) is 27.7 Å². The Morgan fingerprint density at radius 1 is 1.29 bits per heavy atom. The maximum Gasteiger partial charge on any atom is 0.118 e. The second-order valence-electron chi connectivity index (χ2n) is 5.21. The molecule has 0 amide bonds. The van der Waals surface area contributed by atoms with E-state index in [0.29, 0.717) is 6.04 Å². The molecule has 2 N–H and O–H groups in total. The number of rotatable bonds is 5. The van der Waals surface area contributed by atoms with Crippen molar-refractivity contribution in [2.24, 2.45) is 11.1 Å². The summed E-state index contributed by atoms with van der Waals surface area (Å²) in [5.74, 6) is 0.906. The minimum absolute atomic E-state index is 0.290. The average Bonchev–Trinajstić information content (AvgIpc) is 3.11. The molecule has 0 spiro atoms. The Hall–Kier alpha value is -1.06. The largest absolute Gasteiger partial charge is 0.497 e. The van der Waals surface area contributed by atoms with E-state index < -0.39 is 0 Å². The molecule has 2 rings (SSSR count). The van der Waals surface area contributed by atoms with Gasteiger partial charge in [-0.3, -0.25) is 0 Å². The maximum absolute atomic E-state index is 5.95. The number of hydrogen-bond donors (Lipinski definition) is 1. The van der Waals surface area contributed by atoms with Crippen LogP contribution < -0.4 is 10.5 Å². The van der Waals surface area contributed by atoms with Crippen molar-refractivity contribution >= 4 is 0 Å². The normalized spacial score (nSPS) is 19.1. The lowest BCUT2D eigenvalue weighted by Gasteiger charge is -2.32. The summed E-state index contributed by atoms with van der Waals surface area (Å²) in [5.41, 5.74) is 7.57. The zero-order valence-corrected chi connectivity index (χ0v) is 10.9. The number of ether oxygens (including phenoxy) is 1. The van der Waals surface area contributed by atoms with Crippen molar-refractivity contribution in [1.29, 1.82) is 0 Å². The average molecular weight is 234 g/mol. The van der Waals surface area contributed by atoms with Gasteiger partial charge in [0.15, 0.2) is 0 Å². The van der Waals surface area contributed by atoms with Crippen molar-refractivity contribution in [1.82, 2.24) is 4.90 Å². The predicted octanol–water partition coefficient (Wildman–Crippen LogP) is 2.04. The van der Waals surface area contributed by atoms with Crippen molar-refractivity contribution in [3.05, 3.63) is 29.8 Å². The number of methoxy groups -OCH3 is 1. The van der Waals surface area contributed by atoms with E-state index in [2.05, 4.69) is 31.1 Å². The Labute approximate surface area is 104 Å². The fourth-order valence-electron chi connectivity index (χ4n) is 2.74. The molecule has 1 saturated carbocycles. The lowest BCUT2D eigenvalue weighted by Crippen LogP contribution is -2.33. The Kier molecular flexibility index (Phi) is 3.40. The first-order valence-electron chi connectivity index (χ1n) is 6.13. The van der Waals surface area contributed by atoms with Crippen LogP contribution in [0.1, 0.15) is 24.4 Å². The van der Waals surface area contributed by atoms with Crippen LogP contribution in [0.3, 0.4) is 0 Å². The minimum atomic E-state index is 0.290. The SMILES string of the molecule is COc1ccc(C(N(C)C)C2(CN)CC2)cc1. The van der Waals surface area contributed by atoms with Crippen molar-refractivity contribution < 1.29 is 4.74 Å². The summed E-state index contributed by atoms with van der Waals surface area (Å²) >= 11 is 0. The van der Waals surface area contributed by atoms with Gasteiger partial charge < -0.3 is 15.4 Å². The van der Waals surface area contributed by atoms with Crippen LogP contribution in [0.25, 0.3) is 0 Å². The molecular weight excluding hydrogens is 212 g/mol. The molecule has 1 aromatic carbocycles. The molecule has 0 saturated heterocycles. The summed E-state index contributed by atoms with van der Waals surface area (Å²) < 4.78 is 5.20. The third-order valence-electron chi connectivity index (χ3n) is 3.83. The highest BCUT2D eigenvalue weighted by atomic mass is 16.5. The highest BCUT2D eigenvalue weighted by molar-refractivity contribution is 5.31. The van der Waals surface area contributed by atoms with Gasteiger partial charge in [0.25, 0.3) is 0 Å². The molecule has 1 aromatic rings. The third kappa shape index (κ3) is 2.31. The fourth-order valence-corrected chi connectivity index (χ4v) is 2.74. The van der Waals surface area contributed by atoms with Crippen molar-refractivity contribution in [3.8, 4) is 5.75 Å². The van der Waals surface area contributed by atoms with Gasteiger partial charge in [-0.05, 0) is 51.2 Å². The summed E-state index contributed by atoms with van der Waals surface area (Å²) in [6.07, 6.45) is 2.47. The van der Waals surface area contributed by atoms with E-state index in [1.165, 1.54) is 18.4 Å². The molecule has 0 radical (unpaired) electrons. The van der Waals surface area contributed by atoms with Crippen LogP contribution in [0, 0.1) is 5.41 Å². The Morgan fingerprint density at radius 3 is 2.24 bits per heavy atom. The van der Waals surface area contributed by atoms with Crippen molar-refractivity contribution in [3.63, 3.8) is 0 Å². The van der Waals surface area contributed by atoms with Gasteiger partial charge in [-0.1, -0.05) is 12.1 Å². The maximum atomic E-state index is 5.95. The molecule has 17 heavy (non-hydrogen) atoms. The molecular formula is C14H22N2O. The smallest absolute Gasteiger partial charge is 0.118 e. The van der Waals surface area contributed by atoms with Crippen LogP contribution in [0.5, 0.6) is 5.75 Å². The number of nitrogens with zero attached hydrogens (tertiary/aromatic N) is 1. The third-order valence-corrected chi connectivity index (χ3v) is 3.83. The molecule has 1 unspecified atom stereocenters. The molecule has 1 aliphatic carbocycles. The van der Waals surface area contributed by atoms with Gasteiger partial charge in [0, 0.05) is 11.5 Å². The van der Waals surface area contributed by atoms with Crippen LogP contribution in [-0.2, 0) is 0 Å². The van der Waals surface area contributed by atoms with E-state index in [1.54, 1.807) is 7.11 Å². The zero-order chi connectivity index (χ0) is 12.5. The highest BCUT2D eigenvalue weighted by Gasteiger charge is 2.49. The standard InChI is InChI=1S/C14H22N2O/c1-16(2)13(14(10-15)8-9-14)11-4-6-12(17-3)7-5-11/h4-7,13H,8-10,15H2,1-3H3. The monoisotopic (exact) mass is 234 g/mol. The first kappa shape index (κ1) is 12.4. The molecule has 1 aliphatic rings. The first-order valence-corrected chi connectivity index (χ1v) is 6.13. The lowest BCUT2D eigenvalue weighted by molar-refractivity contribution is 0.198. The summed E-state index contributed by atoms with van der Waals surface area (Å²) in [6.45, 7) is 0.766. The Morgan fingerprint density at radius 2 is 1.88 bits per heavy atom. The molecule has 0 aliphatic heterocycles. The number of nitrogens with two attached hydrogens (primary N) is 1. The van der Waals surface area contributed by atoms with E-state index in [0.717, 1.165) is 12.3 Å². The molecule has 0 heterocycles. The number of benzene rings is 1. The molecule has 1 atom stereocenters. The van der Waals surface area contributed by atoms with E-state index in [1.807, 2.05) is 12.1 Å². The van der Waals surface area contributed by atoms with E-state index in [-0.39, 0.29) is 5.41 Å². The fraction of sp³-hybridized carbons (Fsp3) is 0.571. The Bertz CT molecular complexity index is 368. The number of hydrogen-bond acceptors (Lipinski definition) is 3. The van der Waals surface area contributed by atoms with Gasteiger partial charge >= 0.3 is 0 Å². The summed E-state index contributed by atoms with van der Waals surface area (Å²) in [5, 5.41) is 0. The van der Waals surface area contributed by atoms with E-state index >= 15 is 0 Å². The quantitative estimate of drug-likeness (QED) is 0.847. The van der Waals surface area contributed by atoms with Gasteiger partial charge in [-0.25, -0.2) is 0 Å². The minimum Gasteiger partial charge on any atom is -0.497 e. The van der Waals surface area contributed by atoms with Crippen LogP contribution in [0.4, 0.5) is 0 Å². The molecule has 0 aromatic heterocycles. The van der Waals surface area contributed by atoms with Crippen LogP contribution in [0.2, 0.25) is 0 Å². The van der Waals surface area contributed by atoms with Crippen molar-refractivity contribution in [2.45, 2.75) is 18.9 Å². The second-order valence-corrected chi connectivity index (χ2v) is 5.21. The zero-order valence-electron chi connectivity index (χ0n) is 10.9. The molecule has 3 heteroatoms. The second kappa shape index (κ2) is 4.67. The van der Waals surface area contributed by atoms with Gasteiger partial charge in [0.2, 0.25) is 0 Å². The molecule has 94 valence electrons. The van der Waals surface area contributed by atoms with E-state index in [4.69, 9.17) is 10.5 Å². The van der Waals surface area contributed by atoms with Crippen LogP contribution >= 0.6 is 0 Å². The highest BCUT2D eigenvalue weighted by Crippen LogP contribution is 2.55. The summed E-state index contributed by atoms with van der Waals surface area (Å²) in [4.78, 5) is 2.28. The molecule has 3 nitrogen and oxygen atoms in total. The predicted molar refractivity (Wildman–Crippen MR) is 70.1 cm³/mol. The van der Waals surface area contributed by atoms with Gasteiger partial charge in [0.1, 0.15) is 5.75 Å².